The predicted octanol–water partition coefficient (Wildman–Crippen LogP) is 5.85. The summed E-state index contributed by atoms with van der Waals surface area (Å²) in [5.41, 5.74) is 0.0471. The van der Waals surface area contributed by atoms with E-state index < -0.39 is 23.5 Å². The molecule has 0 unspecified atom stereocenters. The van der Waals surface area contributed by atoms with Gasteiger partial charge in [0.05, 0.1) is 22.5 Å². The molecule has 0 bridgehead atoms. The quantitative estimate of drug-likeness (QED) is 0.531. The van der Waals surface area contributed by atoms with Gasteiger partial charge >= 0.3 is 12.4 Å². The Hall–Kier alpha value is -2.90. The van der Waals surface area contributed by atoms with Crippen molar-refractivity contribution >= 4 is 0 Å². The lowest BCUT2D eigenvalue weighted by molar-refractivity contribution is -0.138. The molecule has 0 aliphatic rings. The molecule has 0 atom stereocenters. The van der Waals surface area contributed by atoms with Crippen LogP contribution in [-0.2, 0) is 12.4 Å². The Bertz CT molecular complexity index is 824. The Morgan fingerprint density at radius 3 is 1.19 bits per heavy atom. The van der Waals surface area contributed by atoms with Gasteiger partial charge in [-0.2, -0.15) is 26.3 Å². The molecular formula is C18H10F6N2. The number of nitrogens with zero attached hydrogens (tertiary/aromatic N) is 2. The van der Waals surface area contributed by atoms with Crippen molar-refractivity contribution < 1.29 is 26.3 Å². The first-order chi connectivity index (χ1) is 12.1. The smallest absolute Gasteiger partial charge is 0.236 e. The normalized spacial score (nSPS) is 12.2. The van der Waals surface area contributed by atoms with Crippen LogP contribution in [0.3, 0.4) is 0 Å². The molecule has 1 heterocycles. The van der Waals surface area contributed by atoms with E-state index in [-0.39, 0.29) is 0 Å². The Balaban J connectivity index is 1.91. The average molecular weight is 368 g/mol. The number of hydrogen-bond acceptors (Lipinski definition) is 2. The van der Waals surface area contributed by atoms with Crippen LogP contribution in [0.25, 0.3) is 22.5 Å². The van der Waals surface area contributed by atoms with Crippen LogP contribution in [-0.4, -0.2) is 9.97 Å². The molecule has 0 saturated heterocycles. The minimum absolute atomic E-state index is 0.364. The molecule has 3 rings (SSSR count). The van der Waals surface area contributed by atoms with E-state index in [2.05, 4.69) is 9.97 Å². The van der Waals surface area contributed by atoms with Gasteiger partial charge in [0.25, 0.3) is 0 Å². The van der Waals surface area contributed by atoms with Crippen LogP contribution >= 0.6 is 0 Å². The van der Waals surface area contributed by atoms with E-state index in [0.717, 1.165) is 24.3 Å². The average Bonchev–Trinajstić information content (AvgIpc) is 2.61. The van der Waals surface area contributed by atoms with Crippen LogP contribution in [0.4, 0.5) is 26.3 Å². The summed E-state index contributed by atoms with van der Waals surface area (Å²) in [5.74, 6) is 0. The molecule has 0 saturated carbocycles. The topological polar surface area (TPSA) is 25.8 Å². The second-order valence-electron chi connectivity index (χ2n) is 5.44. The largest absolute Gasteiger partial charge is 0.416 e. The van der Waals surface area contributed by atoms with Crippen LogP contribution in [0.1, 0.15) is 11.1 Å². The lowest BCUT2D eigenvalue weighted by atomic mass is 10.0. The zero-order valence-corrected chi connectivity index (χ0v) is 12.9. The fourth-order valence-electron chi connectivity index (χ4n) is 2.33. The molecule has 134 valence electrons. The number of benzene rings is 2. The highest BCUT2D eigenvalue weighted by atomic mass is 19.4. The van der Waals surface area contributed by atoms with E-state index in [1.165, 1.54) is 36.7 Å². The molecule has 0 radical (unpaired) electrons. The third-order valence-electron chi connectivity index (χ3n) is 3.68. The first-order valence-electron chi connectivity index (χ1n) is 7.32. The van der Waals surface area contributed by atoms with Gasteiger partial charge in [-0.15, -0.1) is 0 Å². The van der Waals surface area contributed by atoms with Gasteiger partial charge in [-0.3, -0.25) is 0 Å². The summed E-state index contributed by atoms with van der Waals surface area (Å²) in [6.45, 7) is 0. The molecule has 0 fully saturated rings. The second kappa shape index (κ2) is 6.44. The molecule has 1 aromatic heterocycles. The first-order valence-corrected chi connectivity index (χ1v) is 7.32. The van der Waals surface area contributed by atoms with Crippen molar-refractivity contribution in [3.63, 3.8) is 0 Å². The minimum atomic E-state index is -4.43. The summed E-state index contributed by atoms with van der Waals surface area (Å²) in [6, 6.07) is 10.4. The maximum atomic E-state index is 12.6. The van der Waals surface area contributed by atoms with Crippen LogP contribution in [0.15, 0.2) is 60.9 Å². The van der Waals surface area contributed by atoms with E-state index in [0.29, 0.717) is 22.5 Å². The highest BCUT2D eigenvalue weighted by Gasteiger charge is 2.30. The highest BCUT2D eigenvalue weighted by Crippen LogP contribution is 2.32. The summed E-state index contributed by atoms with van der Waals surface area (Å²) in [4.78, 5) is 8.02. The zero-order valence-electron chi connectivity index (χ0n) is 12.9. The van der Waals surface area contributed by atoms with Crippen molar-refractivity contribution in [2.24, 2.45) is 0 Å². The summed E-state index contributed by atoms with van der Waals surface area (Å²) in [5, 5.41) is 0. The summed E-state index contributed by atoms with van der Waals surface area (Å²) >= 11 is 0. The van der Waals surface area contributed by atoms with Gasteiger partial charge in [0.2, 0.25) is 0 Å². The van der Waals surface area contributed by atoms with Crippen molar-refractivity contribution in [1.29, 1.82) is 0 Å². The summed E-state index contributed by atoms with van der Waals surface area (Å²) in [6.07, 6.45) is -7.66. The molecule has 0 N–H and O–H groups in total. The maximum Gasteiger partial charge on any atom is 0.416 e. The van der Waals surface area contributed by atoms with Crippen molar-refractivity contribution in [3.05, 3.63) is 72.1 Å². The lowest BCUT2D eigenvalue weighted by Crippen LogP contribution is -2.04. The molecule has 2 nitrogen and oxygen atoms in total. The fraction of sp³-hybridized carbons (Fsp3) is 0.111. The number of hydrogen-bond donors (Lipinski definition) is 0. The molecule has 0 aliphatic carbocycles. The SMILES string of the molecule is FC(F)(F)c1ccc(-c2cc(-c3ccc(C(F)(F)F)cc3)ncn2)cc1. The third-order valence-corrected chi connectivity index (χ3v) is 3.68. The van der Waals surface area contributed by atoms with Gasteiger partial charge in [0.15, 0.2) is 0 Å². The Labute approximate surface area is 144 Å². The molecular weight excluding hydrogens is 358 g/mol. The number of aromatic nitrogens is 2. The van der Waals surface area contributed by atoms with Crippen molar-refractivity contribution in [3.8, 4) is 22.5 Å². The van der Waals surface area contributed by atoms with Gasteiger partial charge in [-0.05, 0) is 30.3 Å². The number of rotatable bonds is 2. The third kappa shape index (κ3) is 3.84. The molecule has 0 amide bonds. The molecule has 0 aliphatic heterocycles. The summed E-state index contributed by atoms with van der Waals surface area (Å²) in [7, 11) is 0. The van der Waals surface area contributed by atoms with Crippen molar-refractivity contribution in [1.82, 2.24) is 9.97 Å². The number of halogens is 6. The highest BCUT2D eigenvalue weighted by molar-refractivity contribution is 5.67. The van der Waals surface area contributed by atoms with Crippen molar-refractivity contribution in [2.45, 2.75) is 12.4 Å². The molecule has 26 heavy (non-hydrogen) atoms. The summed E-state index contributed by atoms with van der Waals surface area (Å²) < 4.78 is 75.7. The fourth-order valence-corrected chi connectivity index (χ4v) is 2.33. The Morgan fingerprint density at radius 1 is 0.538 bits per heavy atom. The second-order valence-corrected chi connectivity index (χ2v) is 5.44. The number of alkyl halides is 6. The van der Waals surface area contributed by atoms with Crippen LogP contribution in [0.5, 0.6) is 0 Å². The first kappa shape index (κ1) is 17.9. The predicted molar refractivity (Wildman–Crippen MR) is 82.9 cm³/mol. The van der Waals surface area contributed by atoms with E-state index in [1.807, 2.05) is 0 Å². The molecule has 3 aromatic rings. The van der Waals surface area contributed by atoms with Crippen LogP contribution in [0.2, 0.25) is 0 Å². The molecule has 0 spiro atoms. The van der Waals surface area contributed by atoms with Gasteiger partial charge in [0.1, 0.15) is 6.33 Å². The zero-order chi connectivity index (χ0) is 18.9. The van der Waals surface area contributed by atoms with Crippen LogP contribution < -0.4 is 0 Å². The maximum absolute atomic E-state index is 12.6. The lowest BCUT2D eigenvalue weighted by Gasteiger charge is -2.09. The van der Waals surface area contributed by atoms with E-state index in [4.69, 9.17) is 0 Å². The van der Waals surface area contributed by atoms with E-state index in [1.54, 1.807) is 0 Å². The monoisotopic (exact) mass is 368 g/mol. The van der Waals surface area contributed by atoms with Crippen LogP contribution in [0, 0.1) is 0 Å². The molecule has 8 heteroatoms. The van der Waals surface area contributed by atoms with Crippen molar-refractivity contribution in [2.75, 3.05) is 0 Å². The molecule has 2 aromatic carbocycles. The van der Waals surface area contributed by atoms with Gasteiger partial charge in [0, 0.05) is 11.1 Å². The minimum Gasteiger partial charge on any atom is -0.236 e. The van der Waals surface area contributed by atoms with E-state index >= 15 is 0 Å². The Kier molecular flexibility index (Phi) is 4.43. The van der Waals surface area contributed by atoms with E-state index in [9.17, 15) is 26.3 Å². The standard InChI is InChI=1S/C18H10F6N2/c19-17(20,21)13-5-1-11(2-6-13)15-9-16(26-10-25-15)12-3-7-14(8-4-12)18(22,23)24/h1-10H. The Morgan fingerprint density at radius 2 is 0.885 bits per heavy atom. The van der Waals surface area contributed by atoms with Gasteiger partial charge in [-0.1, -0.05) is 24.3 Å². The van der Waals surface area contributed by atoms with Gasteiger partial charge < -0.3 is 0 Å². The van der Waals surface area contributed by atoms with Gasteiger partial charge in [-0.25, -0.2) is 9.97 Å².